The van der Waals surface area contributed by atoms with Gasteiger partial charge in [0, 0.05) is 12.2 Å². The number of imidazole rings is 1. The Morgan fingerprint density at radius 3 is 2.81 bits per heavy atom. The molecule has 0 radical (unpaired) electrons. The maximum Gasteiger partial charge on any atom is 0.224 e. The first-order valence-electron chi connectivity index (χ1n) is 6.45. The van der Waals surface area contributed by atoms with Crippen molar-refractivity contribution >= 4 is 28.6 Å². The lowest BCUT2D eigenvalue weighted by atomic mass is 10.2. The van der Waals surface area contributed by atoms with E-state index < -0.39 is 0 Å². The van der Waals surface area contributed by atoms with Crippen LogP contribution in [-0.2, 0) is 0 Å². The van der Waals surface area contributed by atoms with Crippen LogP contribution >= 0.6 is 0 Å². The minimum atomic E-state index is 0.155. The number of benzene rings is 1. The number of aromatic amines is 1. The van der Waals surface area contributed by atoms with E-state index in [-0.39, 0.29) is 5.95 Å². The fourth-order valence-corrected chi connectivity index (χ4v) is 2.16. The van der Waals surface area contributed by atoms with Gasteiger partial charge in [-0.3, -0.25) is 0 Å². The van der Waals surface area contributed by atoms with E-state index in [0.717, 1.165) is 5.69 Å². The van der Waals surface area contributed by atoms with Crippen molar-refractivity contribution in [2.24, 2.45) is 0 Å². The van der Waals surface area contributed by atoms with Gasteiger partial charge in [-0.1, -0.05) is 18.2 Å². The zero-order valence-electron chi connectivity index (χ0n) is 11.2. The second-order valence-electron chi connectivity index (χ2n) is 4.40. The molecule has 0 aliphatic rings. The van der Waals surface area contributed by atoms with Crippen molar-refractivity contribution in [3.8, 4) is 6.07 Å². The Morgan fingerprint density at radius 1 is 1.24 bits per heavy atom. The van der Waals surface area contributed by atoms with Gasteiger partial charge >= 0.3 is 0 Å². The molecule has 3 N–H and O–H groups in total. The molecule has 0 spiro atoms. The molecule has 0 atom stereocenters. The van der Waals surface area contributed by atoms with Gasteiger partial charge in [-0.15, -0.1) is 0 Å². The topological polar surface area (TPSA) is 108 Å². The number of nitriles is 1. The summed E-state index contributed by atoms with van der Waals surface area (Å²) >= 11 is 0. The molecule has 2 heterocycles. The number of nitrogens with zero attached hydrogens (tertiary/aromatic N) is 5. The lowest BCUT2D eigenvalue weighted by molar-refractivity contribution is 0.928. The van der Waals surface area contributed by atoms with Crippen LogP contribution in [0.4, 0.5) is 17.5 Å². The van der Waals surface area contributed by atoms with Crippen LogP contribution < -0.4 is 10.6 Å². The van der Waals surface area contributed by atoms with Gasteiger partial charge in [0.2, 0.25) is 5.95 Å². The summed E-state index contributed by atoms with van der Waals surface area (Å²) in [6, 6.07) is 11.9. The number of nitrogen functional groups attached to an aromatic ring is 1. The van der Waals surface area contributed by atoms with Crippen LogP contribution in [0.3, 0.4) is 0 Å². The average molecular weight is 279 g/mol. The van der Waals surface area contributed by atoms with Crippen molar-refractivity contribution in [3.05, 3.63) is 36.7 Å². The molecule has 0 aliphatic heterocycles. The lowest BCUT2D eigenvalue weighted by Gasteiger charge is -2.23. The predicted molar refractivity (Wildman–Crippen MR) is 79.8 cm³/mol. The first-order chi connectivity index (χ1) is 10.3. The molecule has 104 valence electrons. The number of nitrogens with two attached hydrogens (primary N) is 1. The van der Waals surface area contributed by atoms with Crippen LogP contribution in [0.1, 0.15) is 6.42 Å². The highest BCUT2D eigenvalue weighted by molar-refractivity contribution is 5.86. The monoisotopic (exact) mass is 279 g/mol. The second-order valence-corrected chi connectivity index (χ2v) is 4.40. The Labute approximate surface area is 121 Å². The van der Waals surface area contributed by atoms with Crippen LogP contribution in [0.15, 0.2) is 36.7 Å². The predicted octanol–water partition coefficient (Wildman–Crippen LogP) is 1.99. The van der Waals surface area contributed by atoms with E-state index in [4.69, 9.17) is 11.0 Å². The number of nitrogens with one attached hydrogen (secondary N) is 1. The molecule has 21 heavy (non-hydrogen) atoms. The van der Waals surface area contributed by atoms with E-state index in [1.54, 1.807) is 6.33 Å². The fraction of sp³-hybridized carbons (Fsp3) is 0.143. The Morgan fingerprint density at radius 2 is 2.05 bits per heavy atom. The third-order valence-electron chi connectivity index (χ3n) is 3.05. The molecular weight excluding hydrogens is 266 g/mol. The summed E-state index contributed by atoms with van der Waals surface area (Å²) in [5, 5.41) is 8.88. The number of aromatic nitrogens is 4. The number of para-hydroxylation sites is 1. The molecule has 1 aromatic carbocycles. The molecule has 7 heteroatoms. The summed E-state index contributed by atoms with van der Waals surface area (Å²) in [5.74, 6) is 0.777. The highest BCUT2D eigenvalue weighted by Crippen LogP contribution is 2.28. The zero-order valence-corrected chi connectivity index (χ0v) is 11.2. The molecule has 7 nitrogen and oxygen atoms in total. The van der Waals surface area contributed by atoms with Crippen molar-refractivity contribution in [3.63, 3.8) is 0 Å². The molecule has 0 unspecified atom stereocenters. The van der Waals surface area contributed by atoms with E-state index >= 15 is 0 Å². The van der Waals surface area contributed by atoms with Crippen LogP contribution in [0.5, 0.6) is 0 Å². The minimum Gasteiger partial charge on any atom is -0.368 e. The normalized spacial score (nSPS) is 10.4. The summed E-state index contributed by atoms with van der Waals surface area (Å²) < 4.78 is 0. The van der Waals surface area contributed by atoms with Gasteiger partial charge in [0.05, 0.1) is 18.8 Å². The first kappa shape index (κ1) is 12.9. The zero-order chi connectivity index (χ0) is 14.7. The molecule has 0 bridgehead atoms. The largest absolute Gasteiger partial charge is 0.368 e. The van der Waals surface area contributed by atoms with E-state index in [2.05, 4.69) is 26.0 Å². The number of anilines is 3. The van der Waals surface area contributed by atoms with Crippen molar-refractivity contribution < 1.29 is 0 Å². The van der Waals surface area contributed by atoms with Gasteiger partial charge < -0.3 is 15.6 Å². The Hall–Kier alpha value is -3.14. The van der Waals surface area contributed by atoms with Crippen molar-refractivity contribution in [2.45, 2.75) is 6.42 Å². The average Bonchev–Trinajstić information content (AvgIpc) is 2.96. The molecule has 0 saturated heterocycles. The Bertz CT molecular complexity index is 788. The molecule has 3 rings (SSSR count). The Kier molecular flexibility index (Phi) is 3.35. The fourth-order valence-electron chi connectivity index (χ4n) is 2.16. The number of hydrogen-bond acceptors (Lipinski definition) is 6. The summed E-state index contributed by atoms with van der Waals surface area (Å²) in [6.45, 7) is 0.505. The SMILES string of the molecule is N#CCCN(c1ccccc1)c1nc(N)nc2nc[nH]c12. The van der Waals surface area contributed by atoms with E-state index in [1.165, 1.54) is 0 Å². The second kappa shape index (κ2) is 5.46. The minimum absolute atomic E-state index is 0.155. The summed E-state index contributed by atoms with van der Waals surface area (Å²) in [5.41, 5.74) is 7.90. The number of fused-ring (bicyclic) bond motifs is 1. The highest BCUT2D eigenvalue weighted by atomic mass is 15.2. The maximum atomic E-state index is 8.88. The summed E-state index contributed by atoms with van der Waals surface area (Å²) in [4.78, 5) is 17.5. The van der Waals surface area contributed by atoms with Crippen molar-refractivity contribution in [1.29, 1.82) is 5.26 Å². The molecular formula is C14H13N7. The van der Waals surface area contributed by atoms with Gasteiger partial charge in [0.15, 0.2) is 11.5 Å². The molecule has 0 amide bonds. The van der Waals surface area contributed by atoms with E-state index in [9.17, 15) is 0 Å². The van der Waals surface area contributed by atoms with Gasteiger partial charge in [0.1, 0.15) is 5.52 Å². The van der Waals surface area contributed by atoms with Crippen molar-refractivity contribution in [1.82, 2.24) is 19.9 Å². The standard InChI is InChI=1S/C14H13N7/c15-7-4-8-21(10-5-2-1-3-6-10)13-11-12(18-9-17-11)19-14(16)20-13/h1-3,5-6,9H,4,8H2,(H3,16,17,18,19,20). The Balaban J connectivity index is 2.14. The summed E-state index contributed by atoms with van der Waals surface area (Å²) in [7, 11) is 0. The quantitative estimate of drug-likeness (QED) is 0.756. The van der Waals surface area contributed by atoms with E-state index in [1.807, 2.05) is 35.2 Å². The molecule has 3 aromatic rings. The lowest BCUT2D eigenvalue weighted by Crippen LogP contribution is -2.20. The smallest absolute Gasteiger partial charge is 0.224 e. The summed E-state index contributed by atoms with van der Waals surface area (Å²) in [6.07, 6.45) is 1.92. The molecule has 0 saturated carbocycles. The van der Waals surface area contributed by atoms with E-state index in [0.29, 0.717) is 29.9 Å². The van der Waals surface area contributed by atoms with Gasteiger partial charge in [-0.25, -0.2) is 4.98 Å². The molecule has 2 aromatic heterocycles. The van der Waals surface area contributed by atoms with Crippen LogP contribution in [-0.4, -0.2) is 26.5 Å². The maximum absolute atomic E-state index is 8.88. The number of H-pyrrole nitrogens is 1. The van der Waals surface area contributed by atoms with Crippen LogP contribution in [0.25, 0.3) is 11.2 Å². The van der Waals surface area contributed by atoms with Crippen molar-refractivity contribution in [2.75, 3.05) is 17.2 Å². The number of rotatable bonds is 4. The first-order valence-corrected chi connectivity index (χ1v) is 6.45. The number of hydrogen-bond donors (Lipinski definition) is 2. The molecule has 0 aliphatic carbocycles. The van der Waals surface area contributed by atoms with Crippen LogP contribution in [0.2, 0.25) is 0 Å². The molecule has 0 fully saturated rings. The van der Waals surface area contributed by atoms with Gasteiger partial charge in [0.25, 0.3) is 0 Å². The van der Waals surface area contributed by atoms with Gasteiger partial charge in [-0.05, 0) is 12.1 Å². The van der Waals surface area contributed by atoms with Crippen LogP contribution in [0, 0.1) is 11.3 Å². The third kappa shape index (κ3) is 2.47. The highest BCUT2D eigenvalue weighted by Gasteiger charge is 2.17. The van der Waals surface area contributed by atoms with Gasteiger partial charge in [-0.2, -0.15) is 15.2 Å². The third-order valence-corrected chi connectivity index (χ3v) is 3.05.